The van der Waals surface area contributed by atoms with E-state index in [1.807, 2.05) is 79.1 Å². The Morgan fingerprint density at radius 2 is 1.70 bits per heavy atom. The summed E-state index contributed by atoms with van der Waals surface area (Å²) in [6, 6.07) is 19.4. The van der Waals surface area contributed by atoms with Gasteiger partial charge in [-0.2, -0.15) is 0 Å². The molecule has 2 aromatic carbocycles. The average Bonchev–Trinajstić information content (AvgIpc) is 3.04. The first kappa shape index (κ1) is 22.3. The zero-order chi connectivity index (χ0) is 23.5. The molecule has 0 unspecified atom stereocenters. The fourth-order valence-corrected chi connectivity index (χ4v) is 4.25. The third-order valence-electron chi connectivity index (χ3n) is 5.74. The van der Waals surface area contributed by atoms with Crippen LogP contribution in [0.5, 0.6) is 0 Å². The summed E-state index contributed by atoms with van der Waals surface area (Å²) in [5, 5.41) is 3.92. The number of fused-ring (bicyclic) bond motifs is 1. The molecule has 0 spiro atoms. The summed E-state index contributed by atoms with van der Waals surface area (Å²) < 4.78 is 7.20. The van der Waals surface area contributed by atoms with Gasteiger partial charge in [0.25, 0.3) is 5.91 Å². The lowest BCUT2D eigenvalue weighted by Gasteiger charge is -2.12. The molecular formula is C27H27N3O3. The molecule has 2 heterocycles. The lowest BCUT2D eigenvalue weighted by atomic mass is 10.1. The Bertz CT molecular complexity index is 1340. The molecule has 0 bridgehead atoms. The van der Waals surface area contributed by atoms with E-state index in [-0.39, 0.29) is 12.5 Å². The molecule has 4 rings (SSSR count). The number of hydrogen-bond acceptors (Lipinski definition) is 4. The van der Waals surface area contributed by atoms with Gasteiger partial charge in [-0.05, 0) is 51.0 Å². The average molecular weight is 442 g/mol. The van der Waals surface area contributed by atoms with Crippen molar-refractivity contribution in [2.24, 2.45) is 0 Å². The highest BCUT2D eigenvalue weighted by Gasteiger charge is 2.27. The van der Waals surface area contributed by atoms with Crippen LogP contribution in [-0.4, -0.2) is 28.0 Å². The highest BCUT2D eigenvalue weighted by Crippen LogP contribution is 2.28. The van der Waals surface area contributed by atoms with Gasteiger partial charge in [0, 0.05) is 23.3 Å². The molecule has 0 saturated carbocycles. The van der Waals surface area contributed by atoms with Gasteiger partial charge >= 0.3 is 5.97 Å². The van der Waals surface area contributed by atoms with Crippen molar-refractivity contribution in [2.75, 3.05) is 11.9 Å². The highest BCUT2D eigenvalue weighted by atomic mass is 16.5. The minimum atomic E-state index is -0.432. The maximum absolute atomic E-state index is 13.5. The molecule has 0 aliphatic heterocycles. The number of aromatic nitrogens is 2. The van der Waals surface area contributed by atoms with Gasteiger partial charge in [-0.3, -0.25) is 9.78 Å². The Balaban J connectivity index is 1.78. The summed E-state index contributed by atoms with van der Waals surface area (Å²) in [7, 11) is 0. The van der Waals surface area contributed by atoms with Crippen LogP contribution in [-0.2, 0) is 11.3 Å². The minimum Gasteiger partial charge on any atom is -0.461 e. The van der Waals surface area contributed by atoms with Crippen molar-refractivity contribution >= 4 is 28.5 Å². The summed E-state index contributed by atoms with van der Waals surface area (Å²) in [4.78, 5) is 30.9. The molecule has 168 valence electrons. The summed E-state index contributed by atoms with van der Waals surface area (Å²) in [6.07, 6.45) is 0. The molecule has 0 aliphatic carbocycles. The van der Waals surface area contributed by atoms with Crippen molar-refractivity contribution in [3.8, 4) is 0 Å². The van der Waals surface area contributed by atoms with Crippen molar-refractivity contribution < 1.29 is 14.3 Å². The van der Waals surface area contributed by atoms with E-state index in [1.165, 1.54) is 0 Å². The number of esters is 1. The number of hydrogen-bond donors (Lipinski definition) is 1. The fraction of sp³-hybridized carbons (Fsp3) is 0.222. The Morgan fingerprint density at radius 3 is 2.42 bits per heavy atom. The van der Waals surface area contributed by atoms with Gasteiger partial charge in [-0.15, -0.1) is 0 Å². The number of amides is 1. The van der Waals surface area contributed by atoms with Gasteiger partial charge in [-0.1, -0.05) is 48.5 Å². The molecule has 1 N–H and O–H groups in total. The molecule has 0 aliphatic rings. The third-order valence-corrected chi connectivity index (χ3v) is 5.74. The number of ether oxygens (including phenoxy) is 1. The van der Waals surface area contributed by atoms with Gasteiger partial charge in [0.2, 0.25) is 0 Å². The number of para-hydroxylation sites is 1. The molecule has 0 atom stereocenters. The maximum atomic E-state index is 13.5. The Hall–Kier alpha value is -3.93. The van der Waals surface area contributed by atoms with E-state index in [9.17, 15) is 9.59 Å². The van der Waals surface area contributed by atoms with E-state index in [1.54, 1.807) is 13.8 Å². The molecule has 33 heavy (non-hydrogen) atoms. The van der Waals surface area contributed by atoms with Crippen LogP contribution >= 0.6 is 0 Å². The predicted molar refractivity (Wildman–Crippen MR) is 130 cm³/mol. The number of nitrogens with one attached hydrogen (secondary N) is 1. The van der Waals surface area contributed by atoms with Crippen LogP contribution in [0, 0.1) is 20.8 Å². The monoisotopic (exact) mass is 441 g/mol. The molecular weight excluding hydrogens is 414 g/mol. The number of pyridine rings is 1. The molecule has 0 saturated heterocycles. The normalized spacial score (nSPS) is 10.9. The van der Waals surface area contributed by atoms with Crippen molar-refractivity contribution in [3.05, 3.63) is 94.4 Å². The number of anilines is 1. The zero-order valence-corrected chi connectivity index (χ0v) is 19.3. The number of nitrogens with zero attached hydrogens (tertiary/aromatic N) is 2. The second kappa shape index (κ2) is 9.28. The summed E-state index contributed by atoms with van der Waals surface area (Å²) >= 11 is 0. The fourth-order valence-electron chi connectivity index (χ4n) is 4.25. The van der Waals surface area contributed by atoms with E-state index in [2.05, 4.69) is 10.3 Å². The van der Waals surface area contributed by atoms with Crippen molar-refractivity contribution in [1.82, 2.24) is 9.55 Å². The van der Waals surface area contributed by atoms with Gasteiger partial charge < -0.3 is 14.6 Å². The van der Waals surface area contributed by atoms with E-state index in [0.717, 1.165) is 22.2 Å². The number of carbonyl (C=O) groups excluding carboxylic acids is 2. The van der Waals surface area contributed by atoms with E-state index in [0.29, 0.717) is 34.7 Å². The summed E-state index contributed by atoms with van der Waals surface area (Å²) in [5.41, 5.74) is 5.55. The largest absolute Gasteiger partial charge is 0.461 e. The maximum Gasteiger partial charge on any atom is 0.355 e. The van der Waals surface area contributed by atoms with Crippen molar-refractivity contribution in [2.45, 2.75) is 34.2 Å². The molecule has 1 amide bonds. The lowest BCUT2D eigenvalue weighted by Crippen LogP contribution is -2.15. The second-order valence-electron chi connectivity index (χ2n) is 8.01. The number of benzene rings is 2. The van der Waals surface area contributed by atoms with Crippen LogP contribution in [0.2, 0.25) is 0 Å². The van der Waals surface area contributed by atoms with Gasteiger partial charge in [-0.25, -0.2) is 4.79 Å². The quantitative estimate of drug-likeness (QED) is 0.405. The first-order chi connectivity index (χ1) is 15.9. The topological polar surface area (TPSA) is 73.2 Å². The lowest BCUT2D eigenvalue weighted by molar-refractivity contribution is 0.0513. The highest BCUT2D eigenvalue weighted by molar-refractivity contribution is 6.11. The summed E-state index contributed by atoms with van der Waals surface area (Å²) in [5.74, 6) is -0.698. The molecule has 6 nitrogen and oxygen atoms in total. The van der Waals surface area contributed by atoms with Crippen LogP contribution in [0.25, 0.3) is 10.9 Å². The zero-order valence-electron chi connectivity index (χ0n) is 19.3. The Labute approximate surface area is 193 Å². The molecule has 4 aromatic rings. The first-order valence-electron chi connectivity index (χ1n) is 11.0. The van der Waals surface area contributed by atoms with Crippen molar-refractivity contribution in [3.63, 3.8) is 0 Å². The molecule has 6 heteroatoms. The van der Waals surface area contributed by atoms with E-state index >= 15 is 0 Å². The SMILES string of the molecule is CCOC(=O)c1c(C)c(C(=O)Nc2cc(C)nc3ccccc23)c(C)n1Cc1ccccc1. The van der Waals surface area contributed by atoms with Crippen molar-refractivity contribution in [1.29, 1.82) is 0 Å². The standard InChI is InChI=1S/C27H27N3O3/c1-5-33-27(32)25-18(3)24(19(4)30(25)16-20-11-7-6-8-12-20)26(31)29-23-15-17(2)28-22-14-10-9-13-21(22)23/h6-15H,5,16H2,1-4H3,(H,28,29,31). The third kappa shape index (κ3) is 4.37. The molecule has 2 aromatic heterocycles. The summed E-state index contributed by atoms with van der Waals surface area (Å²) in [6.45, 7) is 8.06. The van der Waals surface area contributed by atoms with Crippen LogP contribution in [0.1, 0.15) is 50.3 Å². The van der Waals surface area contributed by atoms with Gasteiger partial charge in [0.15, 0.2) is 0 Å². The van der Waals surface area contributed by atoms with Gasteiger partial charge in [0.05, 0.1) is 23.4 Å². The first-order valence-corrected chi connectivity index (χ1v) is 11.0. The molecule has 0 radical (unpaired) electrons. The Morgan fingerprint density at radius 1 is 1.00 bits per heavy atom. The van der Waals surface area contributed by atoms with Crippen LogP contribution in [0.3, 0.4) is 0 Å². The van der Waals surface area contributed by atoms with Crippen LogP contribution in [0.15, 0.2) is 60.7 Å². The van der Waals surface area contributed by atoms with E-state index < -0.39 is 5.97 Å². The van der Waals surface area contributed by atoms with E-state index in [4.69, 9.17) is 4.74 Å². The second-order valence-corrected chi connectivity index (χ2v) is 8.01. The Kier molecular flexibility index (Phi) is 6.27. The van der Waals surface area contributed by atoms with Crippen LogP contribution in [0.4, 0.5) is 5.69 Å². The number of carbonyl (C=O) groups is 2. The predicted octanol–water partition coefficient (Wildman–Crippen LogP) is 5.44. The smallest absolute Gasteiger partial charge is 0.355 e. The number of rotatable bonds is 6. The van der Waals surface area contributed by atoms with Gasteiger partial charge in [0.1, 0.15) is 5.69 Å². The molecule has 0 fully saturated rings. The number of aryl methyl sites for hydroxylation is 1. The minimum absolute atomic E-state index is 0.262. The van der Waals surface area contributed by atoms with Crippen LogP contribution < -0.4 is 5.32 Å².